The maximum Gasteiger partial charge on any atom is 0.159 e. The Morgan fingerprint density at radius 3 is 2.35 bits per heavy atom. The summed E-state index contributed by atoms with van der Waals surface area (Å²) >= 11 is 0. The Balaban J connectivity index is 1.41. The van der Waals surface area contributed by atoms with Gasteiger partial charge in [0.2, 0.25) is 0 Å². The fraction of sp³-hybridized carbons (Fsp3) is 0.667. The summed E-state index contributed by atoms with van der Waals surface area (Å²) in [5.41, 5.74) is 1.01. The molecule has 1 aromatic carbocycles. The van der Waals surface area contributed by atoms with Gasteiger partial charge in [-0.1, -0.05) is 25.1 Å². The molecule has 0 saturated heterocycles. The predicted molar refractivity (Wildman–Crippen MR) is 103 cm³/mol. The number of rotatable bonds is 3. The summed E-state index contributed by atoms with van der Waals surface area (Å²) < 4.78 is 26.9. The van der Waals surface area contributed by atoms with Crippen LogP contribution in [-0.2, 0) is 0 Å². The van der Waals surface area contributed by atoms with E-state index >= 15 is 0 Å². The van der Waals surface area contributed by atoms with Gasteiger partial charge in [0.05, 0.1) is 0 Å². The Kier molecular flexibility index (Phi) is 5.47. The Bertz CT molecular complexity index is 650. The zero-order valence-electron chi connectivity index (χ0n) is 16.0. The Labute approximate surface area is 157 Å². The second-order valence-electron chi connectivity index (χ2n) is 9.02. The van der Waals surface area contributed by atoms with E-state index < -0.39 is 11.6 Å². The van der Waals surface area contributed by atoms with Crippen LogP contribution in [0.25, 0.3) is 0 Å². The highest BCUT2D eigenvalue weighted by Gasteiger charge is 2.44. The molecule has 6 atom stereocenters. The van der Waals surface area contributed by atoms with Gasteiger partial charge in [-0.15, -0.1) is 0 Å². The molecule has 1 aromatic rings. The first kappa shape index (κ1) is 18.2. The van der Waals surface area contributed by atoms with E-state index in [0.717, 1.165) is 48.0 Å². The first-order chi connectivity index (χ1) is 12.7. The van der Waals surface area contributed by atoms with Crippen LogP contribution in [0.5, 0.6) is 0 Å². The quantitative estimate of drug-likeness (QED) is 0.499. The minimum Gasteiger partial charge on any atom is -0.204 e. The molecule has 0 aromatic heterocycles. The fourth-order valence-corrected chi connectivity index (χ4v) is 6.40. The summed E-state index contributed by atoms with van der Waals surface area (Å²) in [6.07, 6.45) is 16.5. The third-order valence-electron chi connectivity index (χ3n) is 7.64. The predicted octanol–water partition coefficient (Wildman–Crippen LogP) is 7.26. The third-order valence-corrected chi connectivity index (χ3v) is 7.64. The lowest BCUT2D eigenvalue weighted by atomic mass is 9.55. The van der Waals surface area contributed by atoms with Crippen molar-refractivity contribution in [2.24, 2.45) is 29.6 Å². The number of fused-ring (bicyclic) bond motifs is 3. The first-order valence-electron chi connectivity index (χ1n) is 10.8. The van der Waals surface area contributed by atoms with Crippen LogP contribution in [-0.4, -0.2) is 0 Å². The van der Waals surface area contributed by atoms with Crippen molar-refractivity contribution in [3.8, 4) is 0 Å². The molecule has 142 valence electrons. The molecule has 4 rings (SSSR count). The van der Waals surface area contributed by atoms with E-state index in [4.69, 9.17) is 0 Å². The highest BCUT2D eigenvalue weighted by atomic mass is 19.2. The molecular formula is C24H32F2. The van der Waals surface area contributed by atoms with Crippen LogP contribution in [0.15, 0.2) is 30.4 Å². The summed E-state index contributed by atoms with van der Waals surface area (Å²) in [6.45, 7) is 2.22. The van der Waals surface area contributed by atoms with Crippen LogP contribution < -0.4 is 0 Å². The Morgan fingerprint density at radius 1 is 0.885 bits per heavy atom. The van der Waals surface area contributed by atoms with E-state index in [2.05, 4.69) is 19.1 Å². The van der Waals surface area contributed by atoms with E-state index in [1.807, 2.05) is 0 Å². The van der Waals surface area contributed by atoms with Gasteiger partial charge in [0.1, 0.15) is 0 Å². The first-order valence-corrected chi connectivity index (χ1v) is 10.8. The highest BCUT2D eigenvalue weighted by Crippen LogP contribution is 2.54. The average molecular weight is 359 g/mol. The molecule has 3 saturated carbocycles. The molecule has 0 aliphatic heterocycles. The van der Waals surface area contributed by atoms with Crippen molar-refractivity contribution in [2.45, 2.75) is 70.6 Å². The molecule has 0 N–H and O–H groups in total. The summed E-state index contributed by atoms with van der Waals surface area (Å²) in [4.78, 5) is 0. The van der Waals surface area contributed by atoms with E-state index in [-0.39, 0.29) is 0 Å². The molecule has 2 heteroatoms. The molecule has 0 nitrogen and oxygen atoms in total. The molecule has 0 radical (unpaired) electrons. The molecule has 0 amide bonds. The van der Waals surface area contributed by atoms with Crippen LogP contribution in [0.4, 0.5) is 8.78 Å². The fourth-order valence-electron chi connectivity index (χ4n) is 6.40. The smallest absolute Gasteiger partial charge is 0.159 e. The molecule has 3 aliphatic carbocycles. The van der Waals surface area contributed by atoms with Crippen molar-refractivity contribution < 1.29 is 8.78 Å². The molecule has 6 unspecified atom stereocenters. The lowest BCUT2D eigenvalue weighted by Crippen LogP contribution is -2.41. The molecule has 0 bridgehead atoms. The lowest BCUT2D eigenvalue weighted by molar-refractivity contribution is 0.0127. The summed E-state index contributed by atoms with van der Waals surface area (Å²) in [5, 5.41) is 0. The number of allylic oxidation sites excluding steroid dienone is 2. The highest BCUT2D eigenvalue weighted by molar-refractivity contribution is 5.22. The molecule has 0 spiro atoms. The zero-order valence-corrected chi connectivity index (χ0v) is 16.0. The summed E-state index contributed by atoms with van der Waals surface area (Å²) in [5.74, 6) is 3.35. The minimum atomic E-state index is -0.725. The molecule has 3 fully saturated rings. The molecule has 3 aliphatic rings. The monoisotopic (exact) mass is 358 g/mol. The zero-order chi connectivity index (χ0) is 18.1. The number of halogens is 2. The number of hydrogen-bond acceptors (Lipinski definition) is 0. The van der Waals surface area contributed by atoms with Crippen molar-refractivity contribution in [3.05, 3.63) is 47.5 Å². The second kappa shape index (κ2) is 7.82. The Hall–Kier alpha value is -1.18. The number of benzene rings is 1. The molecule has 26 heavy (non-hydrogen) atoms. The average Bonchev–Trinajstić information content (AvgIpc) is 2.67. The van der Waals surface area contributed by atoms with Gasteiger partial charge in [-0.2, -0.15) is 0 Å². The van der Waals surface area contributed by atoms with Gasteiger partial charge in [0.15, 0.2) is 11.6 Å². The summed E-state index contributed by atoms with van der Waals surface area (Å²) in [6, 6.07) is 4.55. The number of hydrogen-bond donors (Lipinski definition) is 0. The van der Waals surface area contributed by atoms with E-state index in [9.17, 15) is 8.78 Å². The van der Waals surface area contributed by atoms with Crippen LogP contribution in [0, 0.1) is 41.2 Å². The van der Waals surface area contributed by atoms with Crippen LogP contribution in [0.3, 0.4) is 0 Å². The standard InChI is InChI=1S/C24H32F2/c1-2-3-4-16-5-10-21-19(13-16)6-7-20-14-17(8-11-22(20)21)18-9-12-23(25)24(26)15-18/h3-4,9,12,15-17,19-22H,2,5-8,10-11,13-14H2,1H3. The normalized spacial score (nSPS) is 37.3. The lowest BCUT2D eigenvalue weighted by Gasteiger charge is -2.50. The molecule has 0 heterocycles. The largest absolute Gasteiger partial charge is 0.204 e. The van der Waals surface area contributed by atoms with Gasteiger partial charge in [0.25, 0.3) is 0 Å². The third kappa shape index (κ3) is 3.62. The van der Waals surface area contributed by atoms with Gasteiger partial charge in [0, 0.05) is 0 Å². The van der Waals surface area contributed by atoms with Gasteiger partial charge in [-0.3, -0.25) is 0 Å². The van der Waals surface area contributed by atoms with Crippen molar-refractivity contribution in [1.82, 2.24) is 0 Å². The van der Waals surface area contributed by atoms with Crippen molar-refractivity contribution in [3.63, 3.8) is 0 Å². The van der Waals surface area contributed by atoms with Gasteiger partial charge >= 0.3 is 0 Å². The second-order valence-corrected chi connectivity index (χ2v) is 9.02. The minimum absolute atomic E-state index is 0.423. The van der Waals surface area contributed by atoms with Gasteiger partial charge in [-0.25, -0.2) is 8.78 Å². The van der Waals surface area contributed by atoms with Crippen LogP contribution >= 0.6 is 0 Å². The maximum absolute atomic E-state index is 13.6. The summed E-state index contributed by atoms with van der Waals surface area (Å²) in [7, 11) is 0. The van der Waals surface area contributed by atoms with Crippen molar-refractivity contribution >= 4 is 0 Å². The van der Waals surface area contributed by atoms with E-state index in [1.165, 1.54) is 57.1 Å². The topological polar surface area (TPSA) is 0 Å². The van der Waals surface area contributed by atoms with Gasteiger partial charge in [-0.05, 0) is 111 Å². The van der Waals surface area contributed by atoms with Gasteiger partial charge < -0.3 is 0 Å². The van der Waals surface area contributed by atoms with Crippen molar-refractivity contribution in [1.29, 1.82) is 0 Å². The van der Waals surface area contributed by atoms with E-state index in [1.54, 1.807) is 6.07 Å². The maximum atomic E-state index is 13.6. The van der Waals surface area contributed by atoms with Crippen molar-refractivity contribution in [2.75, 3.05) is 0 Å². The molecular weight excluding hydrogens is 326 g/mol. The Morgan fingerprint density at radius 2 is 1.62 bits per heavy atom. The van der Waals surface area contributed by atoms with Crippen LogP contribution in [0.2, 0.25) is 0 Å². The van der Waals surface area contributed by atoms with E-state index in [0.29, 0.717) is 5.92 Å². The van der Waals surface area contributed by atoms with Crippen LogP contribution in [0.1, 0.15) is 76.2 Å². The SMILES string of the molecule is CCC=CC1CCC2C(CCC3CC(c4ccc(F)c(F)c4)CCC32)C1.